The van der Waals surface area contributed by atoms with E-state index in [2.05, 4.69) is 25.1 Å². The van der Waals surface area contributed by atoms with Crippen molar-refractivity contribution < 1.29 is 9.53 Å². The van der Waals surface area contributed by atoms with Gasteiger partial charge in [-0.15, -0.1) is 0 Å². The molecule has 3 heteroatoms. The van der Waals surface area contributed by atoms with Gasteiger partial charge in [-0.3, -0.25) is 4.79 Å². The molecule has 0 atom stereocenters. The lowest BCUT2D eigenvalue weighted by molar-refractivity contribution is -0.118. The first-order valence-corrected chi connectivity index (χ1v) is 8.21. The molecule has 1 amide bonds. The van der Waals surface area contributed by atoms with Crippen molar-refractivity contribution in [1.82, 2.24) is 0 Å². The van der Waals surface area contributed by atoms with Crippen LogP contribution >= 0.6 is 0 Å². The van der Waals surface area contributed by atoms with Crippen LogP contribution in [-0.2, 0) is 17.6 Å². The third kappa shape index (κ3) is 3.39. The Morgan fingerprint density at radius 3 is 2.83 bits per heavy atom. The van der Waals surface area contributed by atoms with Crippen molar-refractivity contribution >= 4 is 11.6 Å². The Hall–Kier alpha value is -2.29. The maximum atomic E-state index is 12.5. The molecule has 2 aromatic rings. The molecule has 3 nitrogen and oxygen atoms in total. The van der Waals surface area contributed by atoms with E-state index < -0.39 is 0 Å². The number of aryl methyl sites for hydroxylation is 2. The van der Waals surface area contributed by atoms with Gasteiger partial charge in [0.15, 0.2) is 0 Å². The zero-order valence-electron chi connectivity index (χ0n) is 13.8. The molecule has 0 radical (unpaired) electrons. The zero-order valence-corrected chi connectivity index (χ0v) is 13.8. The summed E-state index contributed by atoms with van der Waals surface area (Å²) in [5.74, 6) is 1.15. The van der Waals surface area contributed by atoms with Gasteiger partial charge in [-0.05, 0) is 55.0 Å². The van der Waals surface area contributed by atoms with Gasteiger partial charge >= 0.3 is 0 Å². The van der Waals surface area contributed by atoms with Gasteiger partial charge < -0.3 is 9.64 Å². The Morgan fingerprint density at radius 1 is 1.22 bits per heavy atom. The minimum Gasteiger partial charge on any atom is -0.496 e. The van der Waals surface area contributed by atoms with Gasteiger partial charge in [-0.2, -0.15) is 0 Å². The fraction of sp³-hybridized carbons (Fsp3) is 0.350. The standard InChI is InChI=1S/C20H23NO2/c1-15-14-16(10-11-19(15)23-2)6-5-9-20(22)21-13-12-17-7-3-4-8-18(17)21/h3-4,7-8,10-11,14H,5-6,9,12-13H2,1-2H3. The number of hydrogen-bond acceptors (Lipinski definition) is 2. The predicted octanol–water partition coefficient (Wildman–Crippen LogP) is 3.92. The van der Waals surface area contributed by atoms with Crippen LogP contribution in [0.25, 0.3) is 0 Å². The molecule has 0 aromatic heterocycles. The number of benzene rings is 2. The Labute approximate surface area is 137 Å². The number of ether oxygens (including phenoxy) is 1. The van der Waals surface area contributed by atoms with E-state index in [1.807, 2.05) is 29.2 Å². The van der Waals surface area contributed by atoms with E-state index in [1.54, 1.807) is 7.11 Å². The molecular weight excluding hydrogens is 286 g/mol. The first-order chi connectivity index (χ1) is 11.2. The largest absolute Gasteiger partial charge is 0.496 e. The van der Waals surface area contributed by atoms with Crippen molar-refractivity contribution in [1.29, 1.82) is 0 Å². The maximum Gasteiger partial charge on any atom is 0.227 e. The van der Waals surface area contributed by atoms with Crippen LogP contribution in [0.4, 0.5) is 5.69 Å². The topological polar surface area (TPSA) is 29.5 Å². The molecule has 23 heavy (non-hydrogen) atoms. The second-order valence-corrected chi connectivity index (χ2v) is 6.08. The molecule has 1 aliphatic rings. The second kappa shape index (κ2) is 6.86. The molecule has 0 bridgehead atoms. The van der Waals surface area contributed by atoms with Crippen LogP contribution in [0.5, 0.6) is 5.75 Å². The van der Waals surface area contributed by atoms with E-state index in [-0.39, 0.29) is 5.91 Å². The van der Waals surface area contributed by atoms with Crippen LogP contribution in [0.3, 0.4) is 0 Å². The van der Waals surface area contributed by atoms with E-state index in [0.29, 0.717) is 6.42 Å². The SMILES string of the molecule is COc1ccc(CCCC(=O)N2CCc3ccccc32)cc1C. The number of methoxy groups -OCH3 is 1. The fourth-order valence-corrected chi connectivity index (χ4v) is 3.27. The normalized spacial score (nSPS) is 13.0. The third-order valence-corrected chi connectivity index (χ3v) is 4.50. The Kier molecular flexibility index (Phi) is 4.65. The number of rotatable bonds is 5. The van der Waals surface area contributed by atoms with Crippen LogP contribution in [0.2, 0.25) is 0 Å². The van der Waals surface area contributed by atoms with Crippen molar-refractivity contribution in [3.63, 3.8) is 0 Å². The molecule has 2 aromatic carbocycles. The zero-order chi connectivity index (χ0) is 16.2. The molecule has 1 heterocycles. The highest BCUT2D eigenvalue weighted by Gasteiger charge is 2.23. The van der Waals surface area contributed by atoms with E-state index in [9.17, 15) is 4.79 Å². The number of para-hydroxylation sites is 1. The molecule has 120 valence electrons. The minimum atomic E-state index is 0.236. The number of fused-ring (bicyclic) bond motifs is 1. The van der Waals surface area contributed by atoms with Crippen LogP contribution in [0.15, 0.2) is 42.5 Å². The van der Waals surface area contributed by atoms with Crippen molar-refractivity contribution in [3.8, 4) is 5.75 Å². The van der Waals surface area contributed by atoms with Crippen molar-refractivity contribution in [2.24, 2.45) is 0 Å². The van der Waals surface area contributed by atoms with Gasteiger partial charge in [0, 0.05) is 18.7 Å². The Bertz CT molecular complexity index is 709. The van der Waals surface area contributed by atoms with Crippen molar-refractivity contribution in [3.05, 3.63) is 59.2 Å². The summed E-state index contributed by atoms with van der Waals surface area (Å²) in [5, 5.41) is 0. The van der Waals surface area contributed by atoms with Crippen LogP contribution in [-0.4, -0.2) is 19.6 Å². The van der Waals surface area contributed by atoms with E-state index in [4.69, 9.17) is 4.74 Å². The number of hydrogen-bond donors (Lipinski definition) is 0. The first-order valence-electron chi connectivity index (χ1n) is 8.21. The molecular formula is C20H23NO2. The van der Waals surface area contributed by atoms with Crippen LogP contribution < -0.4 is 9.64 Å². The lowest BCUT2D eigenvalue weighted by atomic mass is 10.0. The summed E-state index contributed by atoms with van der Waals surface area (Å²) in [6, 6.07) is 14.4. The molecule has 0 fully saturated rings. The van der Waals surface area contributed by atoms with E-state index >= 15 is 0 Å². The van der Waals surface area contributed by atoms with Gasteiger partial charge in [0.2, 0.25) is 5.91 Å². The van der Waals surface area contributed by atoms with E-state index in [0.717, 1.165) is 42.8 Å². The summed E-state index contributed by atoms with van der Waals surface area (Å²) in [7, 11) is 1.69. The van der Waals surface area contributed by atoms with Crippen molar-refractivity contribution in [2.75, 3.05) is 18.6 Å². The quantitative estimate of drug-likeness (QED) is 0.838. The number of anilines is 1. The molecule has 0 saturated heterocycles. The number of nitrogens with zero attached hydrogens (tertiary/aromatic N) is 1. The summed E-state index contributed by atoms with van der Waals surface area (Å²) < 4.78 is 5.28. The molecule has 0 unspecified atom stereocenters. The average molecular weight is 309 g/mol. The smallest absolute Gasteiger partial charge is 0.227 e. The highest BCUT2D eigenvalue weighted by atomic mass is 16.5. The Morgan fingerprint density at radius 2 is 2.04 bits per heavy atom. The van der Waals surface area contributed by atoms with Gasteiger partial charge in [0.25, 0.3) is 0 Å². The lowest BCUT2D eigenvalue weighted by Crippen LogP contribution is -2.28. The maximum absolute atomic E-state index is 12.5. The molecule has 0 spiro atoms. The lowest BCUT2D eigenvalue weighted by Gasteiger charge is -2.17. The molecule has 0 N–H and O–H groups in total. The average Bonchev–Trinajstić information content (AvgIpc) is 2.99. The van der Waals surface area contributed by atoms with Gasteiger partial charge in [-0.1, -0.05) is 30.3 Å². The summed E-state index contributed by atoms with van der Waals surface area (Å²) >= 11 is 0. The van der Waals surface area contributed by atoms with Gasteiger partial charge in [0.1, 0.15) is 5.75 Å². The highest BCUT2D eigenvalue weighted by molar-refractivity contribution is 5.95. The number of carbonyl (C=O) groups is 1. The molecule has 0 saturated carbocycles. The van der Waals surface area contributed by atoms with Crippen molar-refractivity contribution in [2.45, 2.75) is 32.6 Å². The van der Waals surface area contributed by atoms with Crippen LogP contribution in [0.1, 0.15) is 29.5 Å². The fourth-order valence-electron chi connectivity index (χ4n) is 3.27. The number of carbonyl (C=O) groups excluding carboxylic acids is 1. The predicted molar refractivity (Wildman–Crippen MR) is 93.2 cm³/mol. The molecule has 3 rings (SSSR count). The van der Waals surface area contributed by atoms with Gasteiger partial charge in [0.05, 0.1) is 7.11 Å². The van der Waals surface area contributed by atoms with E-state index in [1.165, 1.54) is 11.1 Å². The summed E-state index contributed by atoms with van der Waals surface area (Å²) in [4.78, 5) is 14.4. The monoisotopic (exact) mass is 309 g/mol. The number of amides is 1. The third-order valence-electron chi connectivity index (χ3n) is 4.50. The summed E-state index contributed by atoms with van der Waals surface area (Å²) in [6.45, 7) is 2.87. The summed E-state index contributed by atoms with van der Waals surface area (Å²) in [6.07, 6.45) is 3.37. The van der Waals surface area contributed by atoms with Gasteiger partial charge in [-0.25, -0.2) is 0 Å². The molecule has 0 aliphatic carbocycles. The first kappa shape index (κ1) is 15.6. The second-order valence-electron chi connectivity index (χ2n) is 6.08. The minimum absolute atomic E-state index is 0.236. The highest BCUT2D eigenvalue weighted by Crippen LogP contribution is 2.28. The summed E-state index contributed by atoms with van der Waals surface area (Å²) in [5.41, 5.74) is 4.78. The Balaban J connectivity index is 1.55. The molecule has 1 aliphatic heterocycles. The van der Waals surface area contributed by atoms with Crippen LogP contribution in [0, 0.1) is 6.92 Å².